The summed E-state index contributed by atoms with van der Waals surface area (Å²) in [6, 6.07) is 1.63. The lowest BCUT2D eigenvalue weighted by atomic mass is 10.3. The molecule has 0 saturated heterocycles. The highest BCUT2D eigenvalue weighted by atomic mass is 16.3. The van der Waals surface area contributed by atoms with Gasteiger partial charge in [0.1, 0.15) is 0 Å². The second kappa shape index (κ2) is 5.69. The van der Waals surface area contributed by atoms with Crippen LogP contribution >= 0.6 is 0 Å². The summed E-state index contributed by atoms with van der Waals surface area (Å²) in [4.78, 5) is 0. The van der Waals surface area contributed by atoms with Gasteiger partial charge in [-0.3, -0.25) is 4.68 Å². The Hall–Kier alpha value is -0.910. The van der Waals surface area contributed by atoms with E-state index in [0.29, 0.717) is 6.54 Å². The average Bonchev–Trinajstić information content (AvgIpc) is 2.65. The van der Waals surface area contributed by atoms with Crippen LogP contribution in [0.5, 0.6) is 0 Å². The molecular weight excluding hydrogens is 170 g/mol. The van der Waals surface area contributed by atoms with Crippen LogP contribution in [0.25, 0.3) is 0 Å². The molecule has 0 unspecified atom stereocenters. The van der Waals surface area contributed by atoms with Gasteiger partial charge in [0, 0.05) is 18.9 Å². The first-order valence-corrected chi connectivity index (χ1v) is 4.29. The zero-order valence-electron chi connectivity index (χ0n) is 7.43. The quantitative estimate of drug-likeness (QED) is 0.522. The van der Waals surface area contributed by atoms with Crippen molar-refractivity contribution < 1.29 is 10.2 Å². The fourth-order valence-corrected chi connectivity index (χ4v) is 1.00. The minimum absolute atomic E-state index is 0.0460. The van der Waals surface area contributed by atoms with Crippen LogP contribution in [0.3, 0.4) is 0 Å². The number of hydrogen-bond acceptors (Lipinski definition) is 4. The molecule has 0 spiro atoms. The molecule has 0 bridgehead atoms. The molecule has 74 valence electrons. The Labute approximate surface area is 77.0 Å². The van der Waals surface area contributed by atoms with Crippen molar-refractivity contribution in [3.05, 3.63) is 18.5 Å². The Morgan fingerprint density at radius 3 is 2.69 bits per heavy atom. The topological polar surface area (TPSA) is 70.3 Å². The third kappa shape index (κ3) is 3.54. The maximum Gasteiger partial charge on any atom is 0.0607 e. The van der Waals surface area contributed by atoms with E-state index in [1.165, 1.54) is 0 Å². The standard InChI is InChI=1S/C8H15N3O2/c12-6-8(7-13)9-3-5-11-4-1-2-10-11/h1-2,4,8-9,12-13H,3,5-7H2. The lowest BCUT2D eigenvalue weighted by Crippen LogP contribution is -2.37. The average molecular weight is 185 g/mol. The number of aliphatic hydroxyl groups is 2. The molecule has 1 aromatic heterocycles. The van der Waals surface area contributed by atoms with Gasteiger partial charge in [0.25, 0.3) is 0 Å². The van der Waals surface area contributed by atoms with Crippen molar-refractivity contribution in [2.24, 2.45) is 0 Å². The molecule has 0 amide bonds. The van der Waals surface area contributed by atoms with Crippen LogP contribution < -0.4 is 5.32 Å². The highest BCUT2D eigenvalue weighted by Gasteiger charge is 2.02. The van der Waals surface area contributed by atoms with Crippen molar-refractivity contribution in [1.29, 1.82) is 0 Å². The summed E-state index contributed by atoms with van der Waals surface area (Å²) in [5.41, 5.74) is 0. The molecule has 13 heavy (non-hydrogen) atoms. The summed E-state index contributed by atoms with van der Waals surface area (Å²) >= 11 is 0. The van der Waals surface area contributed by atoms with E-state index in [4.69, 9.17) is 10.2 Å². The third-order valence-corrected chi connectivity index (χ3v) is 1.77. The maximum absolute atomic E-state index is 8.74. The fraction of sp³-hybridized carbons (Fsp3) is 0.625. The minimum atomic E-state index is -0.226. The van der Waals surface area contributed by atoms with Crippen molar-refractivity contribution in [2.45, 2.75) is 12.6 Å². The third-order valence-electron chi connectivity index (χ3n) is 1.77. The predicted octanol–water partition coefficient (Wildman–Crippen LogP) is -1.17. The molecule has 1 aromatic rings. The zero-order chi connectivity index (χ0) is 9.52. The van der Waals surface area contributed by atoms with Gasteiger partial charge in [0.05, 0.1) is 25.8 Å². The van der Waals surface area contributed by atoms with Crippen molar-refractivity contribution in [3.63, 3.8) is 0 Å². The normalized spacial score (nSPS) is 11.0. The van der Waals surface area contributed by atoms with Gasteiger partial charge in [0.15, 0.2) is 0 Å². The smallest absolute Gasteiger partial charge is 0.0607 e. The van der Waals surface area contributed by atoms with Gasteiger partial charge < -0.3 is 15.5 Å². The van der Waals surface area contributed by atoms with Crippen LogP contribution in [0.4, 0.5) is 0 Å². The Kier molecular flexibility index (Phi) is 4.45. The van der Waals surface area contributed by atoms with Gasteiger partial charge in [-0.25, -0.2) is 0 Å². The molecule has 0 fully saturated rings. The number of nitrogens with zero attached hydrogens (tertiary/aromatic N) is 2. The molecule has 0 aliphatic rings. The SMILES string of the molecule is OCC(CO)NCCn1cccn1. The summed E-state index contributed by atoms with van der Waals surface area (Å²) in [5, 5.41) is 24.5. The van der Waals surface area contributed by atoms with E-state index in [9.17, 15) is 0 Å². The van der Waals surface area contributed by atoms with Crippen LogP contribution in [-0.2, 0) is 6.54 Å². The van der Waals surface area contributed by atoms with Crippen molar-refractivity contribution in [1.82, 2.24) is 15.1 Å². The molecule has 1 rings (SSSR count). The van der Waals surface area contributed by atoms with Gasteiger partial charge in [0.2, 0.25) is 0 Å². The summed E-state index contributed by atoms with van der Waals surface area (Å²) in [6.45, 7) is 1.34. The first kappa shape index (κ1) is 10.2. The fourth-order valence-electron chi connectivity index (χ4n) is 1.00. The molecule has 0 aromatic carbocycles. The summed E-state index contributed by atoms with van der Waals surface area (Å²) in [6.07, 6.45) is 3.59. The van der Waals surface area contributed by atoms with Crippen LogP contribution in [0.15, 0.2) is 18.5 Å². The largest absolute Gasteiger partial charge is 0.395 e. The van der Waals surface area contributed by atoms with Crippen LogP contribution in [0.1, 0.15) is 0 Å². The molecule has 0 aliphatic heterocycles. The molecule has 0 atom stereocenters. The van der Waals surface area contributed by atoms with Gasteiger partial charge in [-0.05, 0) is 6.07 Å². The van der Waals surface area contributed by atoms with E-state index in [-0.39, 0.29) is 19.3 Å². The van der Waals surface area contributed by atoms with Gasteiger partial charge in [-0.1, -0.05) is 0 Å². The molecule has 1 heterocycles. The van der Waals surface area contributed by atoms with E-state index < -0.39 is 0 Å². The van der Waals surface area contributed by atoms with Crippen LogP contribution in [-0.4, -0.2) is 45.8 Å². The minimum Gasteiger partial charge on any atom is -0.395 e. The van der Waals surface area contributed by atoms with Crippen molar-refractivity contribution in [2.75, 3.05) is 19.8 Å². The van der Waals surface area contributed by atoms with Gasteiger partial charge in [-0.2, -0.15) is 5.10 Å². The number of rotatable bonds is 6. The van der Waals surface area contributed by atoms with E-state index in [2.05, 4.69) is 10.4 Å². The lowest BCUT2D eigenvalue weighted by Gasteiger charge is -2.12. The molecule has 5 heteroatoms. The monoisotopic (exact) mass is 185 g/mol. The van der Waals surface area contributed by atoms with E-state index in [1.54, 1.807) is 10.9 Å². The number of hydrogen-bond donors (Lipinski definition) is 3. The Morgan fingerprint density at radius 1 is 1.38 bits per heavy atom. The summed E-state index contributed by atoms with van der Waals surface area (Å²) in [5.74, 6) is 0. The van der Waals surface area contributed by atoms with E-state index >= 15 is 0 Å². The van der Waals surface area contributed by atoms with Crippen molar-refractivity contribution in [3.8, 4) is 0 Å². The van der Waals surface area contributed by atoms with Crippen molar-refractivity contribution >= 4 is 0 Å². The number of nitrogens with one attached hydrogen (secondary N) is 1. The molecule has 0 aliphatic carbocycles. The lowest BCUT2D eigenvalue weighted by molar-refractivity contribution is 0.170. The molecule has 0 saturated carbocycles. The summed E-state index contributed by atoms with van der Waals surface area (Å²) < 4.78 is 1.79. The highest BCUT2D eigenvalue weighted by molar-refractivity contribution is 4.77. The highest BCUT2D eigenvalue weighted by Crippen LogP contribution is 1.84. The van der Waals surface area contributed by atoms with Gasteiger partial charge in [-0.15, -0.1) is 0 Å². The molecule has 5 nitrogen and oxygen atoms in total. The predicted molar refractivity (Wildman–Crippen MR) is 48.2 cm³/mol. The second-order valence-corrected chi connectivity index (χ2v) is 2.79. The summed E-state index contributed by atoms with van der Waals surface area (Å²) in [7, 11) is 0. The maximum atomic E-state index is 8.74. The first-order chi connectivity index (χ1) is 6.36. The van der Waals surface area contributed by atoms with E-state index in [0.717, 1.165) is 6.54 Å². The van der Waals surface area contributed by atoms with Gasteiger partial charge >= 0.3 is 0 Å². The Bertz CT molecular complexity index is 209. The number of aliphatic hydroxyl groups excluding tert-OH is 2. The number of aromatic nitrogens is 2. The molecular formula is C8H15N3O2. The molecule has 3 N–H and O–H groups in total. The first-order valence-electron chi connectivity index (χ1n) is 4.29. The van der Waals surface area contributed by atoms with E-state index in [1.807, 2.05) is 12.3 Å². The van der Waals surface area contributed by atoms with Crippen LogP contribution in [0, 0.1) is 0 Å². The molecule has 0 radical (unpaired) electrons. The Morgan fingerprint density at radius 2 is 2.15 bits per heavy atom. The second-order valence-electron chi connectivity index (χ2n) is 2.79. The zero-order valence-corrected chi connectivity index (χ0v) is 7.43. The van der Waals surface area contributed by atoms with Crippen LogP contribution in [0.2, 0.25) is 0 Å². The Balaban J connectivity index is 2.13.